The molecule has 0 amide bonds. The van der Waals surface area contributed by atoms with Gasteiger partial charge in [-0.05, 0) is 19.2 Å². The van der Waals surface area contributed by atoms with Crippen LogP contribution in [0.5, 0.6) is 0 Å². The second-order valence-corrected chi connectivity index (χ2v) is 5.98. The lowest BCUT2D eigenvalue weighted by Gasteiger charge is -2.47. The van der Waals surface area contributed by atoms with E-state index in [0.717, 1.165) is 30.1 Å². The molecule has 0 spiro atoms. The topological polar surface area (TPSA) is 38.4 Å². The summed E-state index contributed by atoms with van der Waals surface area (Å²) in [7, 11) is 2.21. The number of imidazole rings is 1. The van der Waals surface area contributed by atoms with Crippen LogP contribution >= 0.6 is 0 Å². The molecule has 20 heavy (non-hydrogen) atoms. The zero-order valence-electron chi connectivity index (χ0n) is 11.9. The highest BCUT2D eigenvalue weighted by molar-refractivity contribution is 5.77. The number of para-hydroxylation sites is 2. The van der Waals surface area contributed by atoms with Crippen molar-refractivity contribution in [1.29, 1.82) is 0 Å². The standard InChI is InChI=1S/C15H21N5/c1-18-6-8-19(9-7-18)12-10-20(11-12)15-16-13-4-2-3-5-14(13)17-15/h2-5,12H,6-11H2,1H3,(H,16,17). The molecule has 106 valence electrons. The van der Waals surface area contributed by atoms with Crippen molar-refractivity contribution in [2.45, 2.75) is 6.04 Å². The van der Waals surface area contributed by atoms with Gasteiger partial charge in [-0.1, -0.05) is 12.1 Å². The minimum Gasteiger partial charge on any atom is -0.339 e. The maximum Gasteiger partial charge on any atom is 0.203 e. The van der Waals surface area contributed by atoms with Gasteiger partial charge in [0.25, 0.3) is 0 Å². The summed E-state index contributed by atoms with van der Waals surface area (Å²) < 4.78 is 0. The summed E-state index contributed by atoms with van der Waals surface area (Å²) in [5.41, 5.74) is 2.19. The summed E-state index contributed by atoms with van der Waals surface area (Å²) in [6.45, 7) is 7.00. The molecule has 0 saturated carbocycles. The molecule has 4 rings (SSSR count). The fourth-order valence-corrected chi connectivity index (χ4v) is 3.14. The Balaban J connectivity index is 1.40. The lowest BCUT2D eigenvalue weighted by molar-refractivity contribution is 0.0958. The number of piperazine rings is 1. The van der Waals surface area contributed by atoms with Crippen LogP contribution in [0.1, 0.15) is 0 Å². The number of benzene rings is 1. The van der Waals surface area contributed by atoms with E-state index in [1.54, 1.807) is 0 Å². The van der Waals surface area contributed by atoms with Gasteiger partial charge in [0.2, 0.25) is 5.95 Å². The summed E-state index contributed by atoms with van der Waals surface area (Å²) in [6.07, 6.45) is 0. The molecule has 0 atom stereocenters. The first kappa shape index (κ1) is 12.2. The third-order valence-electron chi connectivity index (χ3n) is 4.59. The fourth-order valence-electron chi connectivity index (χ4n) is 3.14. The Labute approximate surface area is 119 Å². The molecule has 2 aliphatic heterocycles. The van der Waals surface area contributed by atoms with Crippen LogP contribution < -0.4 is 4.90 Å². The summed E-state index contributed by atoms with van der Waals surface area (Å²) in [5, 5.41) is 0. The van der Waals surface area contributed by atoms with Crippen LogP contribution in [0.2, 0.25) is 0 Å². The van der Waals surface area contributed by atoms with Gasteiger partial charge >= 0.3 is 0 Å². The lowest BCUT2D eigenvalue weighted by Crippen LogP contribution is -2.63. The Kier molecular flexibility index (Phi) is 2.89. The van der Waals surface area contributed by atoms with Crippen LogP contribution in [0.25, 0.3) is 11.0 Å². The van der Waals surface area contributed by atoms with Gasteiger partial charge in [-0.3, -0.25) is 4.90 Å². The molecular formula is C15H21N5. The Morgan fingerprint density at radius 2 is 1.85 bits per heavy atom. The minimum absolute atomic E-state index is 0.705. The molecule has 0 bridgehead atoms. The number of aromatic amines is 1. The van der Waals surface area contributed by atoms with Crippen molar-refractivity contribution in [2.75, 3.05) is 51.2 Å². The lowest BCUT2D eigenvalue weighted by atomic mass is 10.1. The van der Waals surface area contributed by atoms with Gasteiger partial charge in [-0.2, -0.15) is 0 Å². The molecule has 2 saturated heterocycles. The van der Waals surface area contributed by atoms with Crippen molar-refractivity contribution in [2.24, 2.45) is 0 Å². The molecule has 5 heteroatoms. The molecule has 2 aliphatic rings. The number of hydrogen-bond donors (Lipinski definition) is 1. The maximum absolute atomic E-state index is 4.67. The highest BCUT2D eigenvalue weighted by Gasteiger charge is 2.34. The second-order valence-electron chi connectivity index (χ2n) is 5.98. The molecular weight excluding hydrogens is 250 g/mol. The summed E-state index contributed by atoms with van der Waals surface area (Å²) in [6, 6.07) is 8.94. The molecule has 0 radical (unpaired) electrons. The number of aromatic nitrogens is 2. The Bertz CT molecular complexity index is 560. The van der Waals surface area contributed by atoms with Crippen LogP contribution in [-0.4, -0.2) is 72.1 Å². The maximum atomic E-state index is 4.67. The van der Waals surface area contributed by atoms with Gasteiger partial charge in [-0.25, -0.2) is 4.98 Å². The first-order valence-electron chi connectivity index (χ1n) is 7.42. The first-order valence-corrected chi connectivity index (χ1v) is 7.42. The predicted molar refractivity (Wildman–Crippen MR) is 81.2 cm³/mol. The number of anilines is 1. The van der Waals surface area contributed by atoms with Gasteiger partial charge < -0.3 is 14.8 Å². The molecule has 2 aromatic rings. The molecule has 1 aromatic heterocycles. The van der Waals surface area contributed by atoms with Crippen molar-refractivity contribution in [3.05, 3.63) is 24.3 Å². The van der Waals surface area contributed by atoms with E-state index in [4.69, 9.17) is 0 Å². The van der Waals surface area contributed by atoms with E-state index in [9.17, 15) is 0 Å². The number of rotatable bonds is 2. The number of hydrogen-bond acceptors (Lipinski definition) is 4. The molecule has 0 aliphatic carbocycles. The van der Waals surface area contributed by atoms with Crippen LogP contribution in [0.4, 0.5) is 5.95 Å². The van der Waals surface area contributed by atoms with E-state index in [1.807, 2.05) is 12.1 Å². The van der Waals surface area contributed by atoms with Gasteiger partial charge in [-0.15, -0.1) is 0 Å². The monoisotopic (exact) mass is 271 g/mol. The van der Waals surface area contributed by atoms with E-state index in [0.29, 0.717) is 6.04 Å². The van der Waals surface area contributed by atoms with Crippen molar-refractivity contribution >= 4 is 17.0 Å². The summed E-state index contributed by atoms with van der Waals surface area (Å²) in [5.74, 6) is 1.02. The van der Waals surface area contributed by atoms with Crippen molar-refractivity contribution in [3.63, 3.8) is 0 Å². The molecule has 2 fully saturated rings. The number of H-pyrrole nitrogens is 1. The molecule has 5 nitrogen and oxygen atoms in total. The van der Waals surface area contributed by atoms with Gasteiger partial charge in [0, 0.05) is 45.3 Å². The van der Waals surface area contributed by atoms with E-state index >= 15 is 0 Å². The third-order valence-corrected chi connectivity index (χ3v) is 4.59. The minimum atomic E-state index is 0.705. The zero-order valence-corrected chi connectivity index (χ0v) is 11.9. The van der Waals surface area contributed by atoms with E-state index in [2.05, 4.69) is 43.8 Å². The van der Waals surface area contributed by atoms with Gasteiger partial charge in [0.05, 0.1) is 11.0 Å². The number of nitrogens with one attached hydrogen (secondary N) is 1. The van der Waals surface area contributed by atoms with Crippen molar-refractivity contribution < 1.29 is 0 Å². The Morgan fingerprint density at radius 3 is 2.60 bits per heavy atom. The number of likely N-dealkylation sites (N-methyl/N-ethyl adjacent to an activating group) is 1. The number of fused-ring (bicyclic) bond motifs is 1. The van der Waals surface area contributed by atoms with Crippen LogP contribution in [-0.2, 0) is 0 Å². The smallest absolute Gasteiger partial charge is 0.203 e. The van der Waals surface area contributed by atoms with Crippen LogP contribution in [0.3, 0.4) is 0 Å². The third kappa shape index (κ3) is 2.07. The molecule has 3 heterocycles. The van der Waals surface area contributed by atoms with E-state index < -0.39 is 0 Å². The highest BCUT2D eigenvalue weighted by Crippen LogP contribution is 2.24. The van der Waals surface area contributed by atoms with E-state index in [-0.39, 0.29) is 0 Å². The average Bonchev–Trinajstić information content (AvgIpc) is 2.82. The van der Waals surface area contributed by atoms with Crippen LogP contribution in [0, 0.1) is 0 Å². The predicted octanol–water partition coefficient (Wildman–Crippen LogP) is 0.999. The number of nitrogens with zero attached hydrogens (tertiary/aromatic N) is 4. The van der Waals surface area contributed by atoms with Gasteiger partial charge in [0.1, 0.15) is 0 Å². The normalized spacial score (nSPS) is 22.4. The Hall–Kier alpha value is -1.59. The first-order chi connectivity index (χ1) is 9.79. The van der Waals surface area contributed by atoms with Gasteiger partial charge in [0.15, 0.2) is 0 Å². The highest BCUT2D eigenvalue weighted by atomic mass is 15.4. The van der Waals surface area contributed by atoms with Crippen molar-refractivity contribution in [3.8, 4) is 0 Å². The van der Waals surface area contributed by atoms with Crippen molar-refractivity contribution in [1.82, 2.24) is 19.8 Å². The largest absolute Gasteiger partial charge is 0.339 e. The molecule has 0 unspecified atom stereocenters. The zero-order chi connectivity index (χ0) is 13.5. The van der Waals surface area contributed by atoms with E-state index in [1.165, 1.54) is 26.2 Å². The fraction of sp³-hybridized carbons (Fsp3) is 0.533. The SMILES string of the molecule is CN1CCN(C2CN(c3nc4ccccc4[nH]3)C2)CC1. The van der Waals surface area contributed by atoms with Crippen LogP contribution in [0.15, 0.2) is 24.3 Å². The average molecular weight is 271 g/mol. The molecule has 1 aromatic carbocycles. The Morgan fingerprint density at radius 1 is 1.10 bits per heavy atom. The summed E-state index contributed by atoms with van der Waals surface area (Å²) >= 11 is 0. The quantitative estimate of drug-likeness (QED) is 0.884. The molecule has 1 N–H and O–H groups in total. The second kappa shape index (κ2) is 4.75. The summed E-state index contributed by atoms with van der Waals surface area (Å²) in [4.78, 5) is 15.5.